The van der Waals surface area contributed by atoms with Crippen molar-refractivity contribution in [1.29, 1.82) is 0 Å². The normalized spacial score (nSPS) is 10.9. The second-order valence-corrected chi connectivity index (χ2v) is 7.47. The van der Waals surface area contributed by atoms with E-state index in [0.717, 1.165) is 47.7 Å². The highest BCUT2D eigenvalue weighted by Crippen LogP contribution is 2.25. The molecule has 156 valence electrons. The maximum absolute atomic E-state index is 11.9. The number of carboxylic acids is 1. The third kappa shape index (κ3) is 4.89. The van der Waals surface area contributed by atoms with Crippen molar-refractivity contribution in [3.63, 3.8) is 0 Å². The Hall–Kier alpha value is -3.73. The Bertz CT molecular complexity index is 1170. The van der Waals surface area contributed by atoms with Gasteiger partial charge in [0, 0.05) is 19.4 Å². The molecule has 5 heteroatoms. The molecule has 4 rings (SSSR count). The minimum atomic E-state index is -0.929. The van der Waals surface area contributed by atoms with Gasteiger partial charge in [-0.2, -0.15) is 5.10 Å². The molecule has 0 amide bonds. The number of aromatic carboxylic acids is 1. The van der Waals surface area contributed by atoms with Crippen LogP contribution in [-0.4, -0.2) is 25.8 Å². The van der Waals surface area contributed by atoms with Gasteiger partial charge in [0.1, 0.15) is 5.82 Å². The highest BCUT2D eigenvalue weighted by molar-refractivity contribution is 5.96. The molecule has 0 saturated heterocycles. The molecule has 0 fully saturated rings. The summed E-state index contributed by atoms with van der Waals surface area (Å²) in [5.74, 6) is 0.746. The van der Waals surface area contributed by atoms with Crippen molar-refractivity contribution in [3.8, 4) is 11.1 Å². The first-order valence-electron chi connectivity index (χ1n) is 10.5. The number of nitrogens with zero attached hydrogens (tertiary/aromatic N) is 3. The van der Waals surface area contributed by atoms with E-state index in [-0.39, 0.29) is 0 Å². The van der Waals surface area contributed by atoms with Gasteiger partial charge in [-0.25, -0.2) is 14.5 Å². The topological polar surface area (TPSA) is 68.0 Å². The van der Waals surface area contributed by atoms with E-state index in [9.17, 15) is 9.90 Å². The molecule has 5 nitrogen and oxygen atoms in total. The number of benzene rings is 3. The first-order chi connectivity index (χ1) is 15.1. The number of aryl methyl sites for hydroxylation is 3. The van der Waals surface area contributed by atoms with Crippen LogP contribution in [0.25, 0.3) is 11.1 Å². The number of rotatable bonds is 8. The summed E-state index contributed by atoms with van der Waals surface area (Å²) in [6.07, 6.45) is 2.21. The lowest BCUT2D eigenvalue weighted by Gasteiger charge is -2.09. The van der Waals surface area contributed by atoms with Gasteiger partial charge in [-0.15, -0.1) is 0 Å². The van der Waals surface area contributed by atoms with Crippen molar-refractivity contribution < 1.29 is 9.90 Å². The average molecular weight is 412 g/mol. The first kappa shape index (κ1) is 20.5. The number of carboxylic acid groups (broad SMARTS) is 1. The average Bonchev–Trinajstić information content (AvgIpc) is 3.20. The molecule has 3 aromatic carbocycles. The molecule has 31 heavy (non-hydrogen) atoms. The molecule has 1 aromatic heterocycles. The summed E-state index contributed by atoms with van der Waals surface area (Å²) < 4.78 is 1.91. The van der Waals surface area contributed by atoms with Crippen LogP contribution in [0, 0.1) is 0 Å². The number of carbonyl (C=O) groups is 1. The molecule has 0 aliphatic carbocycles. The van der Waals surface area contributed by atoms with E-state index in [0.29, 0.717) is 12.0 Å². The van der Waals surface area contributed by atoms with Crippen molar-refractivity contribution in [2.75, 3.05) is 0 Å². The molecule has 0 radical (unpaired) electrons. The van der Waals surface area contributed by atoms with Gasteiger partial charge in [-0.1, -0.05) is 72.8 Å². The highest BCUT2D eigenvalue weighted by atomic mass is 16.4. The highest BCUT2D eigenvalue weighted by Gasteiger charge is 2.15. The zero-order valence-corrected chi connectivity index (χ0v) is 17.5. The molecular formula is C26H25N3O2. The Balaban J connectivity index is 1.56. The third-order valence-electron chi connectivity index (χ3n) is 5.33. The lowest BCUT2D eigenvalue weighted by molar-refractivity contribution is 0.0697. The summed E-state index contributed by atoms with van der Waals surface area (Å²) >= 11 is 0. The van der Waals surface area contributed by atoms with Crippen molar-refractivity contribution in [1.82, 2.24) is 14.8 Å². The summed E-state index contributed by atoms with van der Waals surface area (Å²) in [5.41, 5.74) is 4.09. The molecule has 0 bridgehead atoms. The van der Waals surface area contributed by atoms with E-state index in [1.807, 2.05) is 72.3 Å². The molecule has 0 aliphatic rings. The van der Waals surface area contributed by atoms with Crippen LogP contribution in [0.5, 0.6) is 0 Å². The maximum atomic E-state index is 11.9. The van der Waals surface area contributed by atoms with Crippen molar-refractivity contribution >= 4 is 5.97 Å². The van der Waals surface area contributed by atoms with Gasteiger partial charge in [-0.05, 0) is 41.7 Å². The van der Waals surface area contributed by atoms with Gasteiger partial charge in [-0.3, -0.25) is 0 Å². The van der Waals surface area contributed by atoms with E-state index < -0.39 is 5.97 Å². The second-order valence-electron chi connectivity index (χ2n) is 7.47. The maximum Gasteiger partial charge on any atom is 0.336 e. The van der Waals surface area contributed by atoms with E-state index in [1.54, 1.807) is 6.07 Å². The molecule has 0 saturated carbocycles. The van der Waals surface area contributed by atoms with Gasteiger partial charge >= 0.3 is 5.97 Å². The lowest BCUT2D eigenvalue weighted by Crippen LogP contribution is -2.06. The van der Waals surface area contributed by atoms with Crippen molar-refractivity contribution in [2.45, 2.75) is 32.7 Å². The Morgan fingerprint density at radius 1 is 0.903 bits per heavy atom. The van der Waals surface area contributed by atoms with Gasteiger partial charge in [0.15, 0.2) is 5.82 Å². The Morgan fingerprint density at radius 2 is 1.61 bits per heavy atom. The molecule has 4 aromatic rings. The fourth-order valence-electron chi connectivity index (χ4n) is 3.75. The minimum Gasteiger partial charge on any atom is -0.478 e. The summed E-state index contributed by atoms with van der Waals surface area (Å²) in [4.78, 5) is 16.7. The quantitative estimate of drug-likeness (QED) is 0.441. The van der Waals surface area contributed by atoms with Gasteiger partial charge in [0.25, 0.3) is 0 Å². The van der Waals surface area contributed by atoms with Crippen LogP contribution >= 0.6 is 0 Å². The molecule has 0 unspecified atom stereocenters. The molecule has 0 atom stereocenters. The van der Waals surface area contributed by atoms with E-state index >= 15 is 0 Å². The van der Waals surface area contributed by atoms with Crippen molar-refractivity contribution in [3.05, 3.63) is 107 Å². The summed E-state index contributed by atoms with van der Waals surface area (Å²) in [6, 6.07) is 25.5. The fraction of sp³-hybridized carbons (Fsp3) is 0.192. The zero-order chi connectivity index (χ0) is 21.6. The number of hydrogen-bond donors (Lipinski definition) is 1. The van der Waals surface area contributed by atoms with Gasteiger partial charge in [0.2, 0.25) is 0 Å². The van der Waals surface area contributed by atoms with Crippen LogP contribution in [0.3, 0.4) is 0 Å². The first-order valence-corrected chi connectivity index (χ1v) is 10.5. The lowest BCUT2D eigenvalue weighted by atomic mass is 9.96. The van der Waals surface area contributed by atoms with Crippen molar-refractivity contribution in [2.24, 2.45) is 0 Å². The molecule has 0 aliphatic heterocycles. The van der Waals surface area contributed by atoms with Crippen LogP contribution < -0.4 is 0 Å². The van der Waals surface area contributed by atoms with Crippen LogP contribution in [0.1, 0.15) is 40.1 Å². The summed E-state index contributed by atoms with van der Waals surface area (Å²) in [5, 5.41) is 14.4. The largest absolute Gasteiger partial charge is 0.478 e. The van der Waals surface area contributed by atoms with E-state index in [2.05, 4.69) is 17.2 Å². The van der Waals surface area contributed by atoms with Gasteiger partial charge < -0.3 is 5.11 Å². The van der Waals surface area contributed by atoms with Crippen LogP contribution in [0.2, 0.25) is 0 Å². The van der Waals surface area contributed by atoms with E-state index in [4.69, 9.17) is 4.98 Å². The van der Waals surface area contributed by atoms with E-state index in [1.165, 1.54) is 5.56 Å². The standard InChI is InChI=1S/C26H25N3O2/c1-2-29-25(27-24(28-29)16-14-19-9-5-3-6-10-19)18-20-13-15-22(23(17-20)26(30)31)21-11-7-4-8-12-21/h3-13,15,17H,2,14,16,18H2,1H3,(H,30,31). The second kappa shape index (κ2) is 9.39. The summed E-state index contributed by atoms with van der Waals surface area (Å²) in [6.45, 7) is 2.77. The Labute approximate surface area is 182 Å². The fourth-order valence-corrected chi connectivity index (χ4v) is 3.75. The minimum absolute atomic E-state index is 0.301. The monoisotopic (exact) mass is 411 g/mol. The van der Waals surface area contributed by atoms with Gasteiger partial charge in [0.05, 0.1) is 5.56 Å². The molecule has 1 N–H and O–H groups in total. The SMILES string of the molecule is CCn1nc(CCc2ccccc2)nc1Cc1ccc(-c2ccccc2)c(C(=O)O)c1. The Kier molecular flexibility index (Phi) is 6.22. The number of hydrogen-bond acceptors (Lipinski definition) is 3. The summed E-state index contributed by atoms with van der Waals surface area (Å²) in [7, 11) is 0. The smallest absolute Gasteiger partial charge is 0.336 e. The van der Waals surface area contributed by atoms with Crippen LogP contribution in [-0.2, 0) is 25.8 Å². The molecule has 1 heterocycles. The molecule has 0 spiro atoms. The Morgan fingerprint density at radius 3 is 2.29 bits per heavy atom. The number of aromatic nitrogens is 3. The van der Waals surface area contributed by atoms with Crippen LogP contribution in [0.15, 0.2) is 78.9 Å². The zero-order valence-electron chi connectivity index (χ0n) is 17.5. The van der Waals surface area contributed by atoms with Crippen LogP contribution in [0.4, 0.5) is 0 Å². The predicted molar refractivity (Wildman–Crippen MR) is 121 cm³/mol. The third-order valence-corrected chi connectivity index (χ3v) is 5.33. The molecular weight excluding hydrogens is 386 g/mol. The predicted octanol–water partition coefficient (Wildman–Crippen LogP) is 5.04.